The molecular formula is C12H17N5O2S. The first kappa shape index (κ1) is 13.5. The molecule has 0 aromatic carbocycles. The second-order valence-electron chi connectivity index (χ2n) is 4.90. The number of nitrogens with zero attached hydrogens (tertiary/aromatic N) is 2. The van der Waals surface area contributed by atoms with Crippen LogP contribution in [0.3, 0.4) is 0 Å². The lowest BCUT2D eigenvalue weighted by atomic mass is 9.97. The van der Waals surface area contributed by atoms with Gasteiger partial charge in [0.15, 0.2) is 0 Å². The quantitative estimate of drug-likeness (QED) is 0.491. The fourth-order valence-electron chi connectivity index (χ4n) is 2.29. The van der Waals surface area contributed by atoms with E-state index in [9.17, 15) is 5.11 Å². The van der Waals surface area contributed by atoms with Gasteiger partial charge in [0.25, 0.3) is 0 Å². The van der Waals surface area contributed by atoms with Crippen molar-refractivity contribution in [1.82, 2.24) is 9.97 Å². The first-order valence-corrected chi connectivity index (χ1v) is 7.30. The standard InChI is InChI=1S/C12H17N5O2S/c1-7-12(18,3-4-19-7)6-14-9-8-2-5-20-10(8)16-11(15-9)17-13/h2,5,7,18H,3-4,6,13H2,1H3,(H2,14,15,16,17). The van der Waals surface area contributed by atoms with Crippen LogP contribution in [-0.2, 0) is 4.74 Å². The number of nitrogen functional groups attached to an aromatic ring is 1. The molecule has 2 atom stereocenters. The Bertz CT molecular complexity index is 619. The van der Waals surface area contributed by atoms with Crippen LogP contribution < -0.4 is 16.6 Å². The van der Waals surface area contributed by atoms with Crippen LogP contribution in [0.15, 0.2) is 11.4 Å². The summed E-state index contributed by atoms with van der Waals surface area (Å²) in [5.41, 5.74) is 1.58. The third-order valence-electron chi connectivity index (χ3n) is 3.68. The summed E-state index contributed by atoms with van der Waals surface area (Å²) in [5.74, 6) is 6.39. The zero-order valence-electron chi connectivity index (χ0n) is 11.1. The molecule has 1 fully saturated rings. The molecule has 2 unspecified atom stereocenters. The molecule has 1 saturated heterocycles. The Labute approximate surface area is 120 Å². The maximum atomic E-state index is 10.5. The van der Waals surface area contributed by atoms with Crippen molar-refractivity contribution in [3.8, 4) is 0 Å². The Hall–Kier alpha value is -1.48. The Balaban J connectivity index is 1.85. The number of hydrogen-bond donors (Lipinski definition) is 4. The second kappa shape index (κ2) is 5.13. The van der Waals surface area contributed by atoms with Gasteiger partial charge in [-0.1, -0.05) is 0 Å². The molecule has 0 aliphatic carbocycles. The van der Waals surface area contributed by atoms with E-state index in [1.165, 1.54) is 11.3 Å². The number of thiophene rings is 1. The number of hydrazine groups is 1. The number of hydrogen-bond acceptors (Lipinski definition) is 8. The summed E-state index contributed by atoms with van der Waals surface area (Å²) in [4.78, 5) is 9.42. The number of anilines is 2. The third kappa shape index (κ3) is 2.31. The summed E-state index contributed by atoms with van der Waals surface area (Å²) in [6.45, 7) is 2.83. The van der Waals surface area contributed by atoms with Gasteiger partial charge in [-0.05, 0) is 18.4 Å². The predicted octanol–water partition coefficient (Wildman–Crippen LogP) is 0.929. The Morgan fingerprint density at radius 3 is 3.15 bits per heavy atom. The van der Waals surface area contributed by atoms with Gasteiger partial charge in [0.1, 0.15) is 16.2 Å². The van der Waals surface area contributed by atoms with E-state index in [0.29, 0.717) is 31.3 Å². The summed E-state index contributed by atoms with van der Waals surface area (Å²) < 4.78 is 5.42. The predicted molar refractivity (Wildman–Crippen MR) is 78.7 cm³/mol. The smallest absolute Gasteiger partial charge is 0.240 e. The van der Waals surface area contributed by atoms with Gasteiger partial charge < -0.3 is 15.2 Å². The van der Waals surface area contributed by atoms with E-state index in [2.05, 4.69) is 20.7 Å². The number of fused-ring (bicyclic) bond motifs is 1. The highest BCUT2D eigenvalue weighted by atomic mass is 32.1. The van der Waals surface area contributed by atoms with Crippen LogP contribution in [0.1, 0.15) is 13.3 Å². The van der Waals surface area contributed by atoms with Crippen molar-refractivity contribution < 1.29 is 9.84 Å². The summed E-state index contributed by atoms with van der Waals surface area (Å²) in [5, 5.41) is 16.6. The topological polar surface area (TPSA) is 105 Å². The van der Waals surface area contributed by atoms with Crippen LogP contribution in [0, 0.1) is 0 Å². The number of aliphatic hydroxyl groups is 1. The van der Waals surface area contributed by atoms with E-state index in [1.807, 2.05) is 18.4 Å². The number of aromatic nitrogens is 2. The Morgan fingerprint density at radius 2 is 2.45 bits per heavy atom. The molecule has 1 aliphatic rings. The lowest BCUT2D eigenvalue weighted by Crippen LogP contribution is -2.43. The second-order valence-corrected chi connectivity index (χ2v) is 5.79. The molecule has 7 nitrogen and oxygen atoms in total. The lowest BCUT2D eigenvalue weighted by Gasteiger charge is -2.26. The molecule has 20 heavy (non-hydrogen) atoms. The fraction of sp³-hybridized carbons (Fsp3) is 0.500. The fourth-order valence-corrected chi connectivity index (χ4v) is 3.06. The summed E-state index contributed by atoms with van der Waals surface area (Å²) in [6.07, 6.45) is 0.419. The minimum absolute atomic E-state index is 0.193. The molecule has 8 heteroatoms. The number of nitrogens with one attached hydrogen (secondary N) is 2. The molecule has 3 rings (SSSR count). The van der Waals surface area contributed by atoms with Gasteiger partial charge in [-0.25, -0.2) is 10.8 Å². The average molecular weight is 295 g/mol. The van der Waals surface area contributed by atoms with Crippen LogP contribution in [0.5, 0.6) is 0 Å². The molecule has 1 aliphatic heterocycles. The highest BCUT2D eigenvalue weighted by Crippen LogP contribution is 2.29. The highest BCUT2D eigenvalue weighted by molar-refractivity contribution is 7.16. The van der Waals surface area contributed by atoms with Crippen LogP contribution in [0.25, 0.3) is 10.2 Å². The van der Waals surface area contributed by atoms with Crippen molar-refractivity contribution in [2.75, 3.05) is 23.9 Å². The van der Waals surface area contributed by atoms with E-state index in [4.69, 9.17) is 10.6 Å². The Morgan fingerprint density at radius 1 is 1.60 bits per heavy atom. The van der Waals surface area contributed by atoms with Gasteiger partial charge in [-0.15, -0.1) is 11.3 Å². The molecule has 0 saturated carbocycles. The minimum Gasteiger partial charge on any atom is -0.385 e. The summed E-state index contributed by atoms with van der Waals surface area (Å²) >= 11 is 1.51. The average Bonchev–Trinajstić information content (AvgIpc) is 3.04. The van der Waals surface area contributed by atoms with E-state index in [-0.39, 0.29) is 6.10 Å². The van der Waals surface area contributed by atoms with Crippen LogP contribution in [0.2, 0.25) is 0 Å². The van der Waals surface area contributed by atoms with Gasteiger partial charge in [0.2, 0.25) is 5.95 Å². The molecule has 0 bridgehead atoms. The minimum atomic E-state index is -0.871. The molecule has 0 spiro atoms. The molecule has 2 aromatic heterocycles. The van der Waals surface area contributed by atoms with Crippen molar-refractivity contribution in [2.24, 2.45) is 5.84 Å². The maximum Gasteiger partial charge on any atom is 0.240 e. The van der Waals surface area contributed by atoms with Gasteiger partial charge in [0, 0.05) is 19.6 Å². The molecular weight excluding hydrogens is 278 g/mol. The number of rotatable bonds is 4. The van der Waals surface area contributed by atoms with Crippen molar-refractivity contribution in [2.45, 2.75) is 25.0 Å². The number of ether oxygens (including phenoxy) is 1. The van der Waals surface area contributed by atoms with Gasteiger partial charge in [-0.2, -0.15) is 4.98 Å². The van der Waals surface area contributed by atoms with Crippen LogP contribution in [0.4, 0.5) is 11.8 Å². The van der Waals surface area contributed by atoms with Crippen molar-refractivity contribution in [3.05, 3.63) is 11.4 Å². The summed E-state index contributed by atoms with van der Waals surface area (Å²) in [6, 6.07) is 1.95. The number of nitrogens with two attached hydrogens (primary N) is 1. The van der Waals surface area contributed by atoms with E-state index < -0.39 is 5.60 Å². The molecule has 3 heterocycles. The normalized spacial score (nSPS) is 26.1. The monoisotopic (exact) mass is 295 g/mol. The van der Waals surface area contributed by atoms with E-state index >= 15 is 0 Å². The first-order chi connectivity index (χ1) is 9.62. The van der Waals surface area contributed by atoms with Gasteiger partial charge >= 0.3 is 0 Å². The largest absolute Gasteiger partial charge is 0.385 e. The Kier molecular flexibility index (Phi) is 3.47. The van der Waals surface area contributed by atoms with Gasteiger partial charge in [-0.3, -0.25) is 5.43 Å². The molecule has 108 valence electrons. The van der Waals surface area contributed by atoms with Gasteiger partial charge in [0.05, 0.1) is 11.5 Å². The van der Waals surface area contributed by atoms with Crippen LogP contribution >= 0.6 is 11.3 Å². The van der Waals surface area contributed by atoms with Crippen molar-refractivity contribution in [3.63, 3.8) is 0 Å². The van der Waals surface area contributed by atoms with Crippen molar-refractivity contribution >= 4 is 33.3 Å². The SMILES string of the molecule is CC1OCCC1(O)CNc1nc(NN)nc2sccc12. The lowest BCUT2D eigenvalue weighted by molar-refractivity contribution is -0.0176. The maximum absolute atomic E-state index is 10.5. The van der Waals surface area contributed by atoms with E-state index in [1.54, 1.807) is 0 Å². The van der Waals surface area contributed by atoms with Crippen LogP contribution in [-0.4, -0.2) is 39.9 Å². The van der Waals surface area contributed by atoms with Crippen molar-refractivity contribution in [1.29, 1.82) is 0 Å². The molecule has 0 amide bonds. The molecule has 0 radical (unpaired) electrons. The zero-order valence-corrected chi connectivity index (χ0v) is 11.9. The zero-order chi connectivity index (χ0) is 14.2. The molecule has 2 aromatic rings. The first-order valence-electron chi connectivity index (χ1n) is 6.42. The molecule has 5 N–H and O–H groups in total. The summed E-state index contributed by atoms with van der Waals surface area (Å²) in [7, 11) is 0. The third-order valence-corrected chi connectivity index (χ3v) is 4.48. The van der Waals surface area contributed by atoms with E-state index in [0.717, 1.165) is 10.2 Å². The highest BCUT2D eigenvalue weighted by Gasteiger charge is 2.39.